The summed E-state index contributed by atoms with van der Waals surface area (Å²) in [6.45, 7) is 8.06. The minimum Gasteiger partial charge on any atom is -0.457 e. The number of nitrogens with one attached hydrogen (secondary N) is 1. The van der Waals surface area contributed by atoms with Crippen molar-refractivity contribution in [3.63, 3.8) is 0 Å². The van der Waals surface area contributed by atoms with E-state index in [1.165, 1.54) is 6.92 Å². The number of Topliss-reactive ketones (excluding diaryl/α,β-unsaturated/α-hetero) is 2. The number of ether oxygens (including phenoxy) is 1. The Kier molecular flexibility index (Phi) is 5.26. The van der Waals surface area contributed by atoms with Crippen molar-refractivity contribution in [2.24, 2.45) is 0 Å². The number of rotatable bonds is 6. The molecule has 1 N–H and O–H groups in total. The molecule has 25 heavy (non-hydrogen) atoms. The zero-order valence-electron chi connectivity index (χ0n) is 15.2. The second-order valence-electron chi connectivity index (χ2n) is 6.67. The number of aromatic amines is 1. The van der Waals surface area contributed by atoms with Crippen molar-refractivity contribution < 1.29 is 19.1 Å². The van der Waals surface area contributed by atoms with Gasteiger partial charge in [-0.15, -0.1) is 0 Å². The zero-order chi connectivity index (χ0) is 18.8. The smallest absolute Gasteiger partial charge is 0.316 e. The topological polar surface area (TPSA) is 76.2 Å². The van der Waals surface area contributed by atoms with E-state index >= 15 is 0 Å². The lowest BCUT2D eigenvalue weighted by atomic mass is 9.85. The summed E-state index contributed by atoms with van der Waals surface area (Å²) in [6, 6.07) is 9.27. The Labute approximate surface area is 147 Å². The Morgan fingerprint density at radius 2 is 1.68 bits per heavy atom. The lowest BCUT2D eigenvalue weighted by Gasteiger charge is -2.22. The van der Waals surface area contributed by atoms with Crippen molar-refractivity contribution in [1.82, 2.24) is 4.98 Å². The third-order valence-corrected chi connectivity index (χ3v) is 4.41. The SMILES string of the molecule is CC(=O)c1c(C)[nH]c(C(=O)COC(=O)C(C)(C)c2ccccc2)c1C. The van der Waals surface area contributed by atoms with Gasteiger partial charge in [-0.2, -0.15) is 0 Å². The van der Waals surface area contributed by atoms with E-state index in [0.717, 1.165) is 5.56 Å². The molecule has 0 aliphatic rings. The van der Waals surface area contributed by atoms with Crippen LogP contribution in [0.3, 0.4) is 0 Å². The van der Waals surface area contributed by atoms with Crippen LogP contribution in [0.2, 0.25) is 0 Å². The summed E-state index contributed by atoms with van der Waals surface area (Å²) in [7, 11) is 0. The molecule has 5 nitrogen and oxygen atoms in total. The molecule has 0 fully saturated rings. The fourth-order valence-electron chi connectivity index (χ4n) is 2.91. The summed E-state index contributed by atoms with van der Waals surface area (Å²) in [6.07, 6.45) is 0. The molecule has 0 aliphatic carbocycles. The molecule has 0 amide bonds. The number of aryl methyl sites for hydroxylation is 1. The highest BCUT2D eigenvalue weighted by Gasteiger charge is 2.32. The number of hydrogen-bond acceptors (Lipinski definition) is 4. The number of benzene rings is 1. The van der Waals surface area contributed by atoms with E-state index in [4.69, 9.17) is 4.74 Å². The van der Waals surface area contributed by atoms with Crippen LogP contribution < -0.4 is 0 Å². The first kappa shape index (κ1) is 18.6. The van der Waals surface area contributed by atoms with Gasteiger partial charge in [0.25, 0.3) is 0 Å². The standard InChI is InChI=1S/C20H23NO4/c1-12-17(14(3)22)13(2)21-18(12)16(23)11-25-19(24)20(4,5)15-9-7-6-8-10-15/h6-10,21H,11H2,1-5H3. The van der Waals surface area contributed by atoms with Gasteiger partial charge in [0.15, 0.2) is 12.4 Å². The maximum atomic E-state index is 12.4. The van der Waals surface area contributed by atoms with Crippen LogP contribution in [0.1, 0.15) is 58.4 Å². The van der Waals surface area contributed by atoms with Gasteiger partial charge in [-0.1, -0.05) is 30.3 Å². The van der Waals surface area contributed by atoms with E-state index in [1.54, 1.807) is 27.7 Å². The minimum absolute atomic E-state index is 0.104. The quantitative estimate of drug-likeness (QED) is 0.644. The molecule has 0 atom stereocenters. The van der Waals surface area contributed by atoms with E-state index in [-0.39, 0.29) is 18.2 Å². The van der Waals surface area contributed by atoms with E-state index in [1.807, 2.05) is 30.3 Å². The molecule has 2 aromatic rings. The maximum Gasteiger partial charge on any atom is 0.316 e. The fraction of sp³-hybridized carbons (Fsp3) is 0.350. The monoisotopic (exact) mass is 341 g/mol. The molecule has 0 aliphatic heterocycles. The molecule has 0 bridgehead atoms. The van der Waals surface area contributed by atoms with Gasteiger partial charge >= 0.3 is 5.97 Å². The first-order valence-corrected chi connectivity index (χ1v) is 8.12. The predicted octanol–water partition coefficient (Wildman–Crippen LogP) is 3.54. The zero-order valence-corrected chi connectivity index (χ0v) is 15.2. The first-order valence-electron chi connectivity index (χ1n) is 8.12. The molecule has 5 heteroatoms. The average molecular weight is 341 g/mol. The summed E-state index contributed by atoms with van der Waals surface area (Å²) < 4.78 is 5.25. The van der Waals surface area contributed by atoms with Crippen LogP contribution >= 0.6 is 0 Å². The number of ketones is 2. The molecule has 1 aromatic carbocycles. The molecule has 0 unspecified atom stereocenters. The number of esters is 1. The van der Waals surface area contributed by atoms with Crippen molar-refractivity contribution in [3.05, 3.63) is 58.4 Å². The largest absolute Gasteiger partial charge is 0.457 e. The first-order chi connectivity index (χ1) is 11.7. The van der Waals surface area contributed by atoms with Crippen molar-refractivity contribution in [2.75, 3.05) is 6.61 Å². The van der Waals surface area contributed by atoms with Gasteiger partial charge in [0, 0.05) is 11.3 Å². The number of H-pyrrole nitrogens is 1. The molecule has 2 rings (SSSR count). The van der Waals surface area contributed by atoms with E-state index in [9.17, 15) is 14.4 Å². The number of hydrogen-bond donors (Lipinski definition) is 1. The van der Waals surface area contributed by atoms with E-state index < -0.39 is 11.4 Å². The van der Waals surface area contributed by atoms with Gasteiger partial charge in [0.1, 0.15) is 0 Å². The second kappa shape index (κ2) is 7.05. The molecular formula is C20H23NO4. The van der Waals surface area contributed by atoms with Gasteiger partial charge < -0.3 is 9.72 Å². The molecule has 1 heterocycles. The lowest BCUT2D eigenvalue weighted by molar-refractivity contribution is -0.148. The molecule has 0 spiro atoms. The van der Waals surface area contributed by atoms with Crippen LogP contribution in [0.15, 0.2) is 30.3 Å². The number of aromatic nitrogens is 1. The average Bonchev–Trinajstić information content (AvgIpc) is 2.87. The molecular weight excluding hydrogens is 318 g/mol. The third-order valence-electron chi connectivity index (χ3n) is 4.41. The molecule has 1 aromatic heterocycles. The summed E-state index contributed by atoms with van der Waals surface area (Å²) in [5.74, 6) is -0.933. The van der Waals surface area contributed by atoms with Gasteiger partial charge in [0.05, 0.1) is 11.1 Å². The number of carbonyl (C=O) groups excluding carboxylic acids is 3. The lowest BCUT2D eigenvalue weighted by Crippen LogP contribution is -2.32. The van der Waals surface area contributed by atoms with Crippen molar-refractivity contribution in [1.29, 1.82) is 0 Å². The summed E-state index contributed by atoms with van der Waals surface area (Å²) >= 11 is 0. The van der Waals surface area contributed by atoms with Crippen molar-refractivity contribution in [3.8, 4) is 0 Å². The molecule has 0 radical (unpaired) electrons. The van der Waals surface area contributed by atoms with Gasteiger partial charge in [-0.25, -0.2) is 0 Å². The Balaban J connectivity index is 2.11. The van der Waals surface area contributed by atoms with Crippen molar-refractivity contribution >= 4 is 17.5 Å². The number of carbonyl (C=O) groups is 3. The highest BCUT2D eigenvalue weighted by molar-refractivity contribution is 6.04. The molecule has 0 saturated carbocycles. The Morgan fingerprint density at radius 3 is 2.20 bits per heavy atom. The van der Waals surface area contributed by atoms with Crippen LogP contribution in [0.25, 0.3) is 0 Å². The van der Waals surface area contributed by atoms with Gasteiger partial charge in [-0.3, -0.25) is 14.4 Å². The van der Waals surface area contributed by atoms with Crippen molar-refractivity contribution in [2.45, 2.75) is 40.0 Å². The molecule has 0 saturated heterocycles. The third kappa shape index (κ3) is 3.71. The molecule has 132 valence electrons. The Hall–Kier alpha value is -2.69. The van der Waals surface area contributed by atoms with Gasteiger partial charge in [0.2, 0.25) is 5.78 Å². The van der Waals surface area contributed by atoms with E-state index in [2.05, 4.69) is 4.98 Å². The van der Waals surface area contributed by atoms with Crippen LogP contribution in [0, 0.1) is 13.8 Å². The minimum atomic E-state index is -0.854. The highest BCUT2D eigenvalue weighted by Crippen LogP contribution is 2.25. The van der Waals surface area contributed by atoms with Gasteiger partial charge in [-0.05, 0) is 45.7 Å². The Morgan fingerprint density at radius 1 is 1.08 bits per heavy atom. The summed E-state index contributed by atoms with van der Waals surface area (Å²) in [5.41, 5.74) is 2.02. The van der Waals surface area contributed by atoms with Crippen LogP contribution in [-0.4, -0.2) is 29.1 Å². The summed E-state index contributed by atoms with van der Waals surface area (Å²) in [5, 5.41) is 0. The van der Waals surface area contributed by atoms with E-state index in [0.29, 0.717) is 22.5 Å². The normalized spacial score (nSPS) is 11.2. The van der Waals surface area contributed by atoms with Crippen LogP contribution in [0.5, 0.6) is 0 Å². The van der Waals surface area contributed by atoms with Crippen LogP contribution in [-0.2, 0) is 14.9 Å². The Bertz CT molecular complexity index is 816. The fourth-order valence-corrected chi connectivity index (χ4v) is 2.91. The summed E-state index contributed by atoms with van der Waals surface area (Å²) in [4.78, 5) is 39.4. The predicted molar refractivity (Wildman–Crippen MR) is 95.0 cm³/mol. The maximum absolute atomic E-state index is 12.4. The van der Waals surface area contributed by atoms with Crippen LogP contribution in [0.4, 0.5) is 0 Å². The highest BCUT2D eigenvalue weighted by atomic mass is 16.5. The second-order valence-corrected chi connectivity index (χ2v) is 6.67.